The Morgan fingerprint density at radius 3 is 2.88 bits per heavy atom. The summed E-state index contributed by atoms with van der Waals surface area (Å²) >= 11 is 0. The molecule has 1 saturated heterocycles. The second-order valence-electron chi connectivity index (χ2n) is 6.71. The molecule has 142 valence electrons. The van der Waals surface area contributed by atoms with Crippen LogP contribution in [0.15, 0.2) is 30.6 Å². The van der Waals surface area contributed by atoms with Crippen molar-refractivity contribution in [3.8, 4) is 0 Å². The summed E-state index contributed by atoms with van der Waals surface area (Å²) in [5.74, 6) is -0.386. The van der Waals surface area contributed by atoms with E-state index in [1.54, 1.807) is 6.33 Å². The molecule has 0 spiro atoms. The third-order valence-corrected chi connectivity index (χ3v) is 6.59. The monoisotopic (exact) mass is 380 g/mol. The summed E-state index contributed by atoms with van der Waals surface area (Å²) in [6.45, 7) is 1.19. The summed E-state index contributed by atoms with van der Waals surface area (Å²) < 4.78 is 32.7. The molecule has 2 heterocycles. The highest BCUT2D eigenvalue weighted by atomic mass is 32.2. The van der Waals surface area contributed by atoms with E-state index < -0.39 is 10.0 Å². The van der Waals surface area contributed by atoms with Crippen LogP contribution in [0.5, 0.6) is 0 Å². The van der Waals surface area contributed by atoms with Crippen LogP contribution in [0, 0.1) is 5.92 Å². The number of carbonyl (C=O) groups is 1. The lowest BCUT2D eigenvalue weighted by molar-refractivity contribution is -0.122. The number of fused-ring (bicyclic) bond motifs is 1. The first-order valence-corrected chi connectivity index (χ1v) is 10.1. The van der Waals surface area contributed by atoms with Crippen molar-refractivity contribution in [3.05, 3.63) is 30.6 Å². The van der Waals surface area contributed by atoms with Gasteiger partial charge in [-0.2, -0.15) is 0 Å². The Hall–Kier alpha value is -1.97. The molecular formula is C17H24N4O4S. The number of amides is 1. The van der Waals surface area contributed by atoms with Gasteiger partial charge in [0.25, 0.3) is 0 Å². The minimum Gasteiger partial charge on any atom is -0.379 e. The van der Waals surface area contributed by atoms with Crippen molar-refractivity contribution in [1.29, 1.82) is 0 Å². The lowest BCUT2D eigenvalue weighted by Crippen LogP contribution is -2.43. The summed E-state index contributed by atoms with van der Waals surface area (Å²) in [5.41, 5.74) is 1.88. The Labute approximate surface area is 153 Å². The number of hydrogen-bond acceptors (Lipinski definition) is 5. The van der Waals surface area contributed by atoms with E-state index in [-0.39, 0.29) is 23.6 Å². The summed E-state index contributed by atoms with van der Waals surface area (Å²) in [5, 5.41) is 2.92. The maximum absolute atomic E-state index is 12.3. The van der Waals surface area contributed by atoms with Crippen LogP contribution >= 0.6 is 0 Å². The van der Waals surface area contributed by atoms with E-state index in [1.165, 1.54) is 18.4 Å². The highest BCUT2D eigenvalue weighted by Gasteiger charge is 2.34. The number of para-hydroxylation sites is 2. The lowest BCUT2D eigenvalue weighted by Gasteiger charge is -2.21. The van der Waals surface area contributed by atoms with Gasteiger partial charge < -0.3 is 14.6 Å². The first kappa shape index (κ1) is 18.8. The third-order valence-electron chi connectivity index (χ3n) is 4.63. The van der Waals surface area contributed by atoms with Gasteiger partial charge in [-0.05, 0) is 12.1 Å². The molecule has 0 aliphatic carbocycles. The number of aromatic nitrogens is 2. The van der Waals surface area contributed by atoms with Crippen LogP contribution in [0.1, 0.15) is 6.42 Å². The second-order valence-corrected chi connectivity index (χ2v) is 8.94. The van der Waals surface area contributed by atoms with E-state index in [0.29, 0.717) is 26.2 Å². The Morgan fingerprint density at radius 2 is 2.12 bits per heavy atom. The minimum absolute atomic E-state index is 0.0307. The van der Waals surface area contributed by atoms with Crippen LogP contribution < -0.4 is 5.32 Å². The SMILES string of the molecule is CN(C)S(=O)(=O)C[C@@H]1COC[C@H]1NC(=O)CCn1cnc2ccccc21. The quantitative estimate of drug-likeness (QED) is 0.753. The maximum Gasteiger partial charge on any atom is 0.222 e. The predicted octanol–water partition coefficient (Wildman–Crippen LogP) is 0.449. The number of carbonyl (C=O) groups excluding carboxylic acids is 1. The summed E-state index contributed by atoms with van der Waals surface area (Å²) in [6, 6.07) is 7.47. The summed E-state index contributed by atoms with van der Waals surface area (Å²) in [6.07, 6.45) is 2.02. The molecule has 1 fully saturated rings. The molecule has 2 aromatic rings. The fourth-order valence-electron chi connectivity index (χ4n) is 3.03. The molecule has 1 aliphatic heterocycles. The third kappa shape index (κ3) is 4.22. The number of ether oxygens (including phenoxy) is 1. The van der Waals surface area contributed by atoms with Crippen LogP contribution in [0.25, 0.3) is 11.0 Å². The molecule has 26 heavy (non-hydrogen) atoms. The van der Waals surface area contributed by atoms with Gasteiger partial charge in [0, 0.05) is 33.0 Å². The molecule has 0 radical (unpaired) electrons. The lowest BCUT2D eigenvalue weighted by atomic mass is 10.1. The zero-order valence-electron chi connectivity index (χ0n) is 15.0. The van der Waals surface area contributed by atoms with Crippen LogP contribution in [0.3, 0.4) is 0 Å². The smallest absolute Gasteiger partial charge is 0.222 e. The average Bonchev–Trinajstić information content (AvgIpc) is 3.19. The number of rotatable bonds is 7. The number of sulfonamides is 1. The van der Waals surface area contributed by atoms with Gasteiger partial charge in [0.2, 0.25) is 15.9 Å². The number of benzene rings is 1. The molecule has 9 heteroatoms. The van der Waals surface area contributed by atoms with Gasteiger partial charge >= 0.3 is 0 Å². The highest BCUT2D eigenvalue weighted by molar-refractivity contribution is 7.89. The topological polar surface area (TPSA) is 93.5 Å². The molecule has 2 atom stereocenters. The van der Waals surface area contributed by atoms with Gasteiger partial charge in [0.1, 0.15) is 0 Å². The molecule has 1 aromatic heterocycles. The minimum atomic E-state index is -3.33. The number of hydrogen-bond donors (Lipinski definition) is 1. The first-order valence-electron chi connectivity index (χ1n) is 8.54. The molecule has 1 amide bonds. The molecule has 3 rings (SSSR count). The van der Waals surface area contributed by atoms with E-state index in [2.05, 4.69) is 10.3 Å². The molecule has 1 N–H and O–H groups in total. The Balaban J connectivity index is 1.55. The second kappa shape index (κ2) is 7.73. The molecular weight excluding hydrogens is 356 g/mol. The van der Waals surface area contributed by atoms with Gasteiger partial charge in [-0.3, -0.25) is 4.79 Å². The van der Waals surface area contributed by atoms with Crippen molar-refractivity contribution < 1.29 is 17.9 Å². The van der Waals surface area contributed by atoms with Crippen LogP contribution in [-0.4, -0.2) is 67.3 Å². The van der Waals surface area contributed by atoms with Crippen molar-refractivity contribution in [1.82, 2.24) is 19.2 Å². The van der Waals surface area contributed by atoms with Crippen molar-refractivity contribution in [3.63, 3.8) is 0 Å². The fraction of sp³-hybridized carbons (Fsp3) is 0.529. The van der Waals surface area contributed by atoms with E-state index in [9.17, 15) is 13.2 Å². The van der Waals surface area contributed by atoms with Gasteiger partial charge in [-0.25, -0.2) is 17.7 Å². The zero-order valence-corrected chi connectivity index (χ0v) is 15.8. The number of aryl methyl sites for hydroxylation is 1. The van der Waals surface area contributed by atoms with Crippen molar-refractivity contribution >= 4 is 27.0 Å². The maximum atomic E-state index is 12.3. The van der Waals surface area contributed by atoms with Crippen molar-refractivity contribution in [2.24, 2.45) is 5.92 Å². The fourth-order valence-corrected chi connectivity index (χ4v) is 4.20. The molecule has 1 aromatic carbocycles. The number of imidazole rings is 1. The van der Waals surface area contributed by atoms with Crippen LogP contribution in [-0.2, 0) is 26.1 Å². The van der Waals surface area contributed by atoms with E-state index in [0.717, 1.165) is 11.0 Å². The zero-order chi connectivity index (χ0) is 18.7. The standard InChI is InChI=1S/C17H24N4O4S/c1-20(2)26(23,24)11-13-9-25-10-15(13)19-17(22)7-8-21-12-18-14-5-3-4-6-16(14)21/h3-6,12-13,15H,7-11H2,1-2H3,(H,19,22)/t13-,15+/m0/s1. The summed E-state index contributed by atoms with van der Waals surface area (Å²) in [7, 11) is -0.317. The van der Waals surface area contributed by atoms with Gasteiger partial charge in [-0.1, -0.05) is 12.1 Å². The molecule has 0 saturated carbocycles. The summed E-state index contributed by atoms with van der Waals surface area (Å²) in [4.78, 5) is 16.6. The van der Waals surface area contributed by atoms with Gasteiger partial charge in [-0.15, -0.1) is 0 Å². The number of nitrogens with zero attached hydrogens (tertiary/aromatic N) is 3. The van der Waals surface area contributed by atoms with Crippen molar-refractivity contribution in [2.75, 3.05) is 33.1 Å². The first-order chi connectivity index (χ1) is 12.4. The molecule has 0 unspecified atom stereocenters. The largest absolute Gasteiger partial charge is 0.379 e. The number of nitrogens with one attached hydrogen (secondary N) is 1. The van der Waals surface area contributed by atoms with Crippen LogP contribution in [0.2, 0.25) is 0 Å². The average molecular weight is 380 g/mol. The van der Waals surface area contributed by atoms with E-state index in [4.69, 9.17) is 4.74 Å². The highest BCUT2D eigenvalue weighted by Crippen LogP contribution is 2.18. The Bertz CT molecular complexity index is 878. The Kier molecular flexibility index (Phi) is 5.59. The van der Waals surface area contributed by atoms with Crippen molar-refractivity contribution in [2.45, 2.75) is 19.0 Å². The van der Waals surface area contributed by atoms with Gasteiger partial charge in [0.15, 0.2) is 0 Å². The predicted molar refractivity (Wildman–Crippen MR) is 98.1 cm³/mol. The molecule has 0 bridgehead atoms. The van der Waals surface area contributed by atoms with E-state index >= 15 is 0 Å². The van der Waals surface area contributed by atoms with E-state index in [1.807, 2.05) is 28.8 Å². The Morgan fingerprint density at radius 1 is 1.35 bits per heavy atom. The molecule has 1 aliphatic rings. The normalized spacial score (nSPS) is 20.7. The molecule has 8 nitrogen and oxygen atoms in total. The van der Waals surface area contributed by atoms with Crippen LogP contribution in [0.4, 0.5) is 0 Å². The van der Waals surface area contributed by atoms with Gasteiger partial charge in [0.05, 0.1) is 42.4 Å².